The van der Waals surface area contributed by atoms with Crippen molar-refractivity contribution in [1.29, 1.82) is 0 Å². The van der Waals surface area contributed by atoms with Crippen molar-refractivity contribution in [3.05, 3.63) is 58.3 Å². The first kappa shape index (κ1) is 16.2. The zero-order valence-corrected chi connectivity index (χ0v) is 14.2. The lowest BCUT2D eigenvalue weighted by Crippen LogP contribution is -2.52. The molecule has 0 saturated carbocycles. The molecule has 0 aliphatic carbocycles. The van der Waals surface area contributed by atoms with E-state index in [4.69, 9.17) is 0 Å². The van der Waals surface area contributed by atoms with Gasteiger partial charge in [0.15, 0.2) is 0 Å². The van der Waals surface area contributed by atoms with Crippen LogP contribution in [0, 0.1) is 0 Å². The second kappa shape index (κ2) is 7.73. The van der Waals surface area contributed by atoms with E-state index in [-0.39, 0.29) is 11.9 Å². The standard InChI is InChI=1S/C18H23N3OS/c1-14-12-19-9-10-21(14)13-17(22)20-18(16-8-5-11-23-16)15-6-3-2-4-7-15/h2-8,11,14,18-19H,9-10,12-13H2,1H3,(H,20,22)/t14-,18?/m1/s1. The quantitative estimate of drug-likeness (QED) is 0.884. The van der Waals surface area contributed by atoms with Gasteiger partial charge in [-0.2, -0.15) is 0 Å². The van der Waals surface area contributed by atoms with Crippen LogP contribution >= 0.6 is 11.3 Å². The van der Waals surface area contributed by atoms with Crippen molar-refractivity contribution in [2.45, 2.75) is 19.0 Å². The largest absolute Gasteiger partial charge is 0.343 e. The molecule has 0 bridgehead atoms. The van der Waals surface area contributed by atoms with E-state index in [1.807, 2.05) is 24.3 Å². The predicted molar refractivity (Wildman–Crippen MR) is 94.7 cm³/mol. The van der Waals surface area contributed by atoms with Gasteiger partial charge in [0.25, 0.3) is 0 Å². The molecule has 1 aliphatic rings. The van der Waals surface area contributed by atoms with E-state index in [1.54, 1.807) is 11.3 Å². The molecule has 3 rings (SSSR count). The summed E-state index contributed by atoms with van der Waals surface area (Å²) in [5, 5.41) is 8.62. The SMILES string of the molecule is C[C@@H]1CNCCN1CC(=O)NC(c1ccccc1)c1cccs1. The Kier molecular flexibility index (Phi) is 5.43. The maximum atomic E-state index is 12.6. The van der Waals surface area contributed by atoms with Gasteiger partial charge in [0, 0.05) is 30.6 Å². The Balaban J connectivity index is 1.70. The van der Waals surface area contributed by atoms with E-state index in [9.17, 15) is 4.79 Å². The van der Waals surface area contributed by atoms with Crippen LogP contribution in [0.15, 0.2) is 47.8 Å². The monoisotopic (exact) mass is 329 g/mol. The minimum atomic E-state index is -0.0677. The first-order chi connectivity index (χ1) is 11.2. The molecule has 2 atom stereocenters. The molecule has 1 aliphatic heterocycles. The first-order valence-corrected chi connectivity index (χ1v) is 8.94. The van der Waals surface area contributed by atoms with Crippen LogP contribution in [0.1, 0.15) is 23.4 Å². The molecule has 1 aromatic heterocycles. The summed E-state index contributed by atoms with van der Waals surface area (Å²) < 4.78 is 0. The average Bonchev–Trinajstić information content (AvgIpc) is 3.10. The normalized spacial score (nSPS) is 20.1. The van der Waals surface area contributed by atoms with E-state index < -0.39 is 0 Å². The van der Waals surface area contributed by atoms with E-state index in [0.29, 0.717) is 12.6 Å². The van der Waals surface area contributed by atoms with Gasteiger partial charge < -0.3 is 10.6 Å². The summed E-state index contributed by atoms with van der Waals surface area (Å²) in [6.07, 6.45) is 0. The molecule has 0 radical (unpaired) electrons. The second-order valence-electron chi connectivity index (χ2n) is 5.95. The number of carbonyl (C=O) groups excluding carboxylic acids is 1. The van der Waals surface area contributed by atoms with Crippen molar-refractivity contribution >= 4 is 17.2 Å². The van der Waals surface area contributed by atoms with Crippen molar-refractivity contribution in [3.8, 4) is 0 Å². The smallest absolute Gasteiger partial charge is 0.234 e. The Morgan fingerprint density at radius 1 is 1.35 bits per heavy atom. The van der Waals surface area contributed by atoms with Gasteiger partial charge in [-0.1, -0.05) is 36.4 Å². The number of benzene rings is 1. The summed E-state index contributed by atoms with van der Waals surface area (Å²) in [7, 11) is 0. The van der Waals surface area contributed by atoms with Crippen molar-refractivity contribution in [1.82, 2.24) is 15.5 Å². The van der Waals surface area contributed by atoms with Gasteiger partial charge in [-0.05, 0) is 23.9 Å². The van der Waals surface area contributed by atoms with Gasteiger partial charge in [-0.3, -0.25) is 9.69 Å². The Bertz CT molecular complexity index is 614. The molecule has 2 aromatic rings. The highest BCUT2D eigenvalue weighted by Crippen LogP contribution is 2.25. The van der Waals surface area contributed by atoms with Gasteiger partial charge in [0.2, 0.25) is 5.91 Å². The molecule has 1 amide bonds. The Hall–Kier alpha value is -1.69. The summed E-state index contributed by atoms with van der Waals surface area (Å²) >= 11 is 1.68. The molecule has 5 heteroatoms. The van der Waals surface area contributed by atoms with Gasteiger partial charge in [0.05, 0.1) is 12.6 Å². The maximum absolute atomic E-state index is 12.6. The zero-order valence-electron chi connectivity index (χ0n) is 13.4. The van der Waals surface area contributed by atoms with Gasteiger partial charge in [0.1, 0.15) is 0 Å². The van der Waals surface area contributed by atoms with Crippen LogP contribution in [-0.4, -0.2) is 43.0 Å². The van der Waals surface area contributed by atoms with Crippen LogP contribution in [0.2, 0.25) is 0 Å². The van der Waals surface area contributed by atoms with Crippen LogP contribution in [0.3, 0.4) is 0 Å². The van der Waals surface area contributed by atoms with Crippen LogP contribution in [0.4, 0.5) is 0 Å². The maximum Gasteiger partial charge on any atom is 0.234 e. The molecule has 1 fully saturated rings. The molecule has 2 heterocycles. The third kappa shape index (κ3) is 4.19. The number of hydrogen-bond acceptors (Lipinski definition) is 4. The fourth-order valence-corrected chi connectivity index (χ4v) is 3.73. The van der Waals surface area contributed by atoms with E-state index in [2.05, 4.69) is 46.0 Å². The highest BCUT2D eigenvalue weighted by atomic mass is 32.1. The summed E-state index contributed by atoms with van der Waals surface area (Å²) in [4.78, 5) is 16.0. The van der Waals surface area contributed by atoms with Crippen LogP contribution in [-0.2, 0) is 4.79 Å². The predicted octanol–water partition coefficient (Wildman–Crippen LogP) is 2.25. The van der Waals surface area contributed by atoms with Crippen molar-refractivity contribution in [3.63, 3.8) is 0 Å². The van der Waals surface area contributed by atoms with Gasteiger partial charge in [-0.15, -0.1) is 11.3 Å². The van der Waals surface area contributed by atoms with Crippen LogP contribution < -0.4 is 10.6 Å². The molecule has 23 heavy (non-hydrogen) atoms. The number of carbonyl (C=O) groups is 1. The molecular weight excluding hydrogens is 306 g/mol. The number of piperazine rings is 1. The van der Waals surface area contributed by atoms with Crippen LogP contribution in [0.5, 0.6) is 0 Å². The fraction of sp³-hybridized carbons (Fsp3) is 0.389. The number of nitrogens with zero attached hydrogens (tertiary/aromatic N) is 1. The third-order valence-corrected chi connectivity index (χ3v) is 5.19. The first-order valence-electron chi connectivity index (χ1n) is 8.06. The molecular formula is C18H23N3OS. The molecule has 0 spiro atoms. The molecule has 1 aromatic carbocycles. The minimum Gasteiger partial charge on any atom is -0.343 e. The van der Waals surface area contributed by atoms with Gasteiger partial charge in [-0.25, -0.2) is 0 Å². The molecule has 1 unspecified atom stereocenters. The van der Waals surface area contributed by atoms with Gasteiger partial charge >= 0.3 is 0 Å². The van der Waals surface area contributed by atoms with E-state index in [0.717, 1.165) is 30.1 Å². The summed E-state index contributed by atoms with van der Waals surface area (Å²) in [5.41, 5.74) is 1.12. The minimum absolute atomic E-state index is 0.0677. The topological polar surface area (TPSA) is 44.4 Å². The number of rotatable bonds is 5. The molecule has 4 nitrogen and oxygen atoms in total. The van der Waals surface area contributed by atoms with E-state index in [1.165, 1.54) is 0 Å². The lowest BCUT2D eigenvalue weighted by atomic mass is 10.1. The van der Waals surface area contributed by atoms with Crippen molar-refractivity contribution < 1.29 is 4.79 Å². The molecule has 122 valence electrons. The summed E-state index contributed by atoms with van der Waals surface area (Å²) in [5.74, 6) is 0.0843. The van der Waals surface area contributed by atoms with Crippen molar-refractivity contribution in [2.24, 2.45) is 0 Å². The second-order valence-corrected chi connectivity index (χ2v) is 6.93. The molecule has 2 N–H and O–H groups in total. The Morgan fingerprint density at radius 3 is 2.87 bits per heavy atom. The number of amides is 1. The highest BCUT2D eigenvalue weighted by molar-refractivity contribution is 7.10. The summed E-state index contributed by atoms with van der Waals surface area (Å²) in [6.45, 7) is 5.43. The molecule has 1 saturated heterocycles. The average molecular weight is 329 g/mol. The lowest BCUT2D eigenvalue weighted by molar-refractivity contribution is -0.123. The van der Waals surface area contributed by atoms with Crippen molar-refractivity contribution in [2.75, 3.05) is 26.2 Å². The van der Waals surface area contributed by atoms with Crippen LogP contribution in [0.25, 0.3) is 0 Å². The zero-order chi connectivity index (χ0) is 16.1. The van der Waals surface area contributed by atoms with E-state index >= 15 is 0 Å². The number of nitrogens with one attached hydrogen (secondary N) is 2. The summed E-state index contributed by atoms with van der Waals surface area (Å²) in [6, 6.07) is 14.6. The number of thiophene rings is 1. The fourth-order valence-electron chi connectivity index (χ4n) is 2.93. The lowest BCUT2D eigenvalue weighted by Gasteiger charge is -2.33. The Morgan fingerprint density at radius 2 is 2.17 bits per heavy atom. The highest BCUT2D eigenvalue weighted by Gasteiger charge is 2.23. The Labute approximate surface area is 141 Å². The third-order valence-electron chi connectivity index (χ3n) is 4.25. The number of hydrogen-bond donors (Lipinski definition) is 2.